The molecule has 10 nitrogen and oxygen atoms in total. The fourth-order valence-electron chi connectivity index (χ4n) is 3.17. The van der Waals surface area contributed by atoms with Crippen LogP contribution in [0.2, 0.25) is 0 Å². The molecule has 0 aromatic heterocycles. The Kier molecular flexibility index (Phi) is 7.33. The van der Waals surface area contributed by atoms with Gasteiger partial charge in [0, 0.05) is 6.07 Å². The maximum atomic E-state index is 12.3. The Hall–Kier alpha value is -3.15. The van der Waals surface area contributed by atoms with Crippen LogP contribution in [0.5, 0.6) is 23.0 Å². The normalized spacial score (nSPS) is 25.6. The molecule has 0 aliphatic carbocycles. The van der Waals surface area contributed by atoms with Crippen molar-refractivity contribution in [1.29, 1.82) is 0 Å². The molecule has 0 saturated carbocycles. The molecule has 0 spiro atoms. The topological polar surface area (TPSA) is 166 Å². The van der Waals surface area contributed by atoms with Crippen molar-refractivity contribution in [2.75, 3.05) is 13.7 Å². The van der Waals surface area contributed by atoms with E-state index in [0.717, 1.165) is 6.07 Å². The van der Waals surface area contributed by atoms with Crippen LogP contribution in [-0.2, 0) is 4.74 Å². The highest BCUT2D eigenvalue weighted by molar-refractivity contribution is 6.08. The Labute approximate surface area is 183 Å². The number of allylic oxidation sites excluding steroid dienone is 1. The standard InChI is InChI=1S/C22H24O10/c1-30-17-8-11(2-6-14(25)13-5-4-12(24)9-15(13)26)3-7-16(17)31-22-21(29)20(28)19(27)18(10-23)32-22/h2-9,18-24,26-29H,10H2,1H3/b6-2+/t18-,19-,20-,21+,22-/m1/s1. The number of carbonyl (C=O) groups excluding carboxylic acids is 1. The SMILES string of the molecule is COc1cc(/C=C/C(=O)c2ccc(O)cc2O)ccc1O[C@@H]1O[C@H](CO)[C@@H](O)[C@@H](O)[C@@H]1O. The summed E-state index contributed by atoms with van der Waals surface area (Å²) in [4.78, 5) is 12.3. The minimum atomic E-state index is -1.58. The number of hydrogen-bond donors (Lipinski definition) is 6. The molecule has 0 bridgehead atoms. The molecule has 2 aromatic rings. The Morgan fingerprint density at radius 1 is 1.03 bits per heavy atom. The quantitative estimate of drug-likeness (QED) is 0.254. The van der Waals surface area contributed by atoms with Crippen molar-refractivity contribution in [2.45, 2.75) is 30.7 Å². The van der Waals surface area contributed by atoms with Crippen LogP contribution < -0.4 is 9.47 Å². The number of phenolic OH excluding ortho intramolecular Hbond substituents is 2. The fraction of sp³-hybridized carbons (Fsp3) is 0.318. The summed E-state index contributed by atoms with van der Waals surface area (Å²) in [7, 11) is 1.38. The molecule has 172 valence electrons. The van der Waals surface area contributed by atoms with Gasteiger partial charge in [-0.3, -0.25) is 4.79 Å². The van der Waals surface area contributed by atoms with Crippen molar-refractivity contribution in [3.05, 3.63) is 53.6 Å². The van der Waals surface area contributed by atoms with E-state index in [2.05, 4.69) is 0 Å². The molecule has 0 radical (unpaired) electrons. The lowest BCUT2D eigenvalue weighted by atomic mass is 9.99. The number of rotatable bonds is 7. The summed E-state index contributed by atoms with van der Waals surface area (Å²) >= 11 is 0. The third-order valence-corrected chi connectivity index (χ3v) is 4.95. The molecule has 1 aliphatic rings. The summed E-state index contributed by atoms with van der Waals surface area (Å²) in [6.45, 7) is -0.587. The lowest BCUT2D eigenvalue weighted by molar-refractivity contribution is -0.277. The maximum absolute atomic E-state index is 12.3. The predicted molar refractivity (Wildman–Crippen MR) is 111 cm³/mol. The number of aliphatic hydroxyl groups is 4. The molecule has 10 heteroatoms. The van der Waals surface area contributed by atoms with Gasteiger partial charge in [-0.05, 0) is 35.9 Å². The average molecular weight is 448 g/mol. The lowest BCUT2D eigenvalue weighted by Gasteiger charge is -2.39. The van der Waals surface area contributed by atoms with Crippen molar-refractivity contribution in [3.63, 3.8) is 0 Å². The number of carbonyl (C=O) groups is 1. The number of aromatic hydroxyl groups is 2. The van der Waals surface area contributed by atoms with Gasteiger partial charge in [-0.2, -0.15) is 0 Å². The van der Waals surface area contributed by atoms with Crippen LogP contribution in [0.1, 0.15) is 15.9 Å². The van der Waals surface area contributed by atoms with Crippen molar-refractivity contribution >= 4 is 11.9 Å². The van der Waals surface area contributed by atoms with Crippen LogP contribution >= 0.6 is 0 Å². The fourth-order valence-corrected chi connectivity index (χ4v) is 3.17. The van der Waals surface area contributed by atoms with Gasteiger partial charge in [0.15, 0.2) is 17.3 Å². The van der Waals surface area contributed by atoms with Crippen LogP contribution in [0.3, 0.4) is 0 Å². The predicted octanol–water partition coefficient (Wildman–Crippen LogP) is 0.181. The van der Waals surface area contributed by atoms with Gasteiger partial charge < -0.3 is 44.8 Å². The number of phenols is 2. The first kappa shape index (κ1) is 23.5. The molecular formula is C22H24O10. The van der Waals surface area contributed by atoms with Gasteiger partial charge in [-0.1, -0.05) is 12.1 Å². The molecule has 6 N–H and O–H groups in total. The second-order valence-electron chi connectivity index (χ2n) is 7.12. The molecular weight excluding hydrogens is 424 g/mol. The van der Waals surface area contributed by atoms with E-state index in [-0.39, 0.29) is 28.6 Å². The van der Waals surface area contributed by atoms with E-state index in [0.29, 0.717) is 5.56 Å². The average Bonchev–Trinajstić information content (AvgIpc) is 2.78. The summed E-state index contributed by atoms with van der Waals surface area (Å²) in [5.41, 5.74) is 0.572. The second kappa shape index (κ2) is 9.98. The van der Waals surface area contributed by atoms with E-state index in [1.165, 1.54) is 37.5 Å². The molecule has 32 heavy (non-hydrogen) atoms. The number of hydrogen-bond acceptors (Lipinski definition) is 10. The minimum absolute atomic E-state index is 0.0218. The second-order valence-corrected chi connectivity index (χ2v) is 7.12. The van der Waals surface area contributed by atoms with Crippen molar-refractivity contribution in [2.24, 2.45) is 0 Å². The zero-order valence-electron chi connectivity index (χ0n) is 17.0. The van der Waals surface area contributed by atoms with E-state index in [4.69, 9.17) is 14.2 Å². The van der Waals surface area contributed by atoms with Crippen molar-refractivity contribution < 1.29 is 49.6 Å². The van der Waals surface area contributed by atoms with Gasteiger partial charge in [0.05, 0.1) is 19.3 Å². The monoisotopic (exact) mass is 448 g/mol. The highest BCUT2D eigenvalue weighted by Crippen LogP contribution is 2.32. The lowest BCUT2D eigenvalue weighted by Crippen LogP contribution is -2.60. The molecule has 2 aromatic carbocycles. The Morgan fingerprint density at radius 3 is 2.44 bits per heavy atom. The highest BCUT2D eigenvalue weighted by atomic mass is 16.7. The highest BCUT2D eigenvalue weighted by Gasteiger charge is 2.44. The smallest absolute Gasteiger partial charge is 0.229 e. The van der Waals surface area contributed by atoms with E-state index >= 15 is 0 Å². The zero-order valence-corrected chi connectivity index (χ0v) is 17.0. The van der Waals surface area contributed by atoms with Crippen LogP contribution in [-0.4, -0.2) is 80.8 Å². The molecule has 5 atom stereocenters. The van der Waals surface area contributed by atoms with Gasteiger partial charge in [-0.25, -0.2) is 0 Å². The van der Waals surface area contributed by atoms with Crippen molar-refractivity contribution in [1.82, 2.24) is 0 Å². The van der Waals surface area contributed by atoms with Crippen LogP contribution in [0.4, 0.5) is 0 Å². The van der Waals surface area contributed by atoms with Gasteiger partial charge in [-0.15, -0.1) is 0 Å². The van der Waals surface area contributed by atoms with E-state index in [1.54, 1.807) is 12.1 Å². The van der Waals surface area contributed by atoms with E-state index in [9.17, 15) is 35.4 Å². The Bertz CT molecular complexity index is 987. The van der Waals surface area contributed by atoms with Gasteiger partial charge in [0.2, 0.25) is 6.29 Å². The first-order valence-electron chi connectivity index (χ1n) is 9.64. The first-order valence-corrected chi connectivity index (χ1v) is 9.64. The van der Waals surface area contributed by atoms with Gasteiger partial charge in [0.25, 0.3) is 0 Å². The molecule has 1 fully saturated rings. The third kappa shape index (κ3) is 5.01. The molecule has 1 aliphatic heterocycles. The Morgan fingerprint density at radius 2 is 1.78 bits per heavy atom. The maximum Gasteiger partial charge on any atom is 0.229 e. The molecule has 1 heterocycles. The molecule has 0 amide bonds. The number of ketones is 1. The Balaban J connectivity index is 1.76. The van der Waals surface area contributed by atoms with Crippen molar-refractivity contribution in [3.8, 4) is 23.0 Å². The van der Waals surface area contributed by atoms with E-state index < -0.39 is 43.1 Å². The summed E-state index contributed by atoms with van der Waals surface area (Å²) in [6.07, 6.45) is -4.44. The van der Waals surface area contributed by atoms with Crippen LogP contribution in [0.25, 0.3) is 6.08 Å². The number of benzene rings is 2. The largest absolute Gasteiger partial charge is 0.508 e. The van der Waals surface area contributed by atoms with E-state index in [1.807, 2.05) is 0 Å². The number of ether oxygens (including phenoxy) is 3. The summed E-state index contributed by atoms with van der Waals surface area (Å²) in [5, 5.41) is 58.3. The third-order valence-electron chi connectivity index (χ3n) is 4.95. The zero-order chi connectivity index (χ0) is 23.4. The minimum Gasteiger partial charge on any atom is -0.508 e. The summed E-state index contributed by atoms with van der Waals surface area (Å²) in [5.74, 6) is -0.619. The summed E-state index contributed by atoms with van der Waals surface area (Å²) in [6, 6.07) is 8.27. The first-order chi connectivity index (χ1) is 15.2. The number of aliphatic hydroxyl groups excluding tert-OH is 4. The van der Waals surface area contributed by atoms with Crippen LogP contribution in [0.15, 0.2) is 42.5 Å². The molecule has 1 saturated heterocycles. The molecule has 0 unspecified atom stereocenters. The van der Waals surface area contributed by atoms with Crippen LogP contribution in [0, 0.1) is 0 Å². The van der Waals surface area contributed by atoms with Gasteiger partial charge >= 0.3 is 0 Å². The molecule has 3 rings (SSSR count). The summed E-state index contributed by atoms with van der Waals surface area (Å²) < 4.78 is 16.2. The van der Waals surface area contributed by atoms with Gasteiger partial charge in [0.1, 0.15) is 35.9 Å². The number of methoxy groups -OCH3 is 1.